The predicted octanol–water partition coefficient (Wildman–Crippen LogP) is 3.80. The summed E-state index contributed by atoms with van der Waals surface area (Å²) < 4.78 is 15.9. The van der Waals surface area contributed by atoms with Gasteiger partial charge in [0.15, 0.2) is 11.5 Å². The third kappa shape index (κ3) is 3.88. The second-order valence-corrected chi connectivity index (χ2v) is 6.50. The molecule has 1 unspecified atom stereocenters. The molecule has 0 aliphatic carbocycles. The Morgan fingerprint density at radius 3 is 2.85 bits per heavy atom. The first-order valence-electron chi connectivity index (χ1n) is 8.92. The Balaban J connectivity index is 1.40. The number of methoxy groups -OCH3 is 1. The van der Waals surface area contributed by atoms with E-state index < -0.39 is 0 Å². The number of anilines is 2. The monoisotopic (exact) mass is 367 g/mol. The Morgan fingerprint density at radius 2 is 2.11 bits per heavy atom. The molecule has 1 aliphatic rings. The summed E-state index contributed by atoms with van der Waals surface area (Å²) in [5, 5.41) is 6.64. The van der Waals surface area contributed by atoms with Crippen molar-refractivity contribution in [2.45, 2.75) is 18.9 Å². The van der Waals surface area contributed by atoms with Gasteiger partial charge in [0.25, 0.3) is 5.91 Å². The zero-order chi connectivity index (χ0) is 18.6. The van der Waals surface area contributed by atoms with Gasteiger partial charge in [-0.15, -0.1) is 0 Å². The molecule has 1 amide bonds. The highest BCUT2D eigenvalue weighted by atomic mass is 16.5. The van der Waals surface area contributed by atoms with Crippen LogP contribution in [-0.2, 0) is 4.74 Å². The fourth-order valence-corrected chi connectivity index (χ4v) is 3.23. The molecule has 7 nitrogen and oxygen atoms in total. The van der Waals surface area contributed by atoms with Gasteiger partial charge >= 0.3 is 0 Å². The lowest BCUT2D eigenvalue weighted by molar-refractivity contribution is 0.0893. The number of rotatable bonds is 5. The lowest BCUT2D eigenvalue weighted by Gasteiger charge is -2.33. The Hall–Kier alpha value is -3.06. The van der Waals surface area contributed by atoms with Crippen molar-refractivity contribution < 1.29 is 18.5 Å². The Bertz CT molecular complexity index is 886. The second kappa shape index (κ2) is 7.67. The molecule has 1 atom stereocenters. The van der Waals surface area contributed by atoms with E-state index in [0.29, 0.717) is 17.2 Å². The molecular weight excluding hydrogens is 346 g/mol. The summed E-state index contributed by atoms with van der Waals surface area (Å²) >= 11 is 0. The number of amides is 1. The van der Waals surface area contributed by atoms with E-state index in [1.807, 2.05) is 24.3 Å². The molecule has 27 heavy (non-hydrogen) atoms. The highest BCUT2D eigenvalue weighted by Gasteiger charge is 2.20. The number of carbonyl (C=O) groups excluding carboxylic acids is 1. The quantitative estimate of drug-likeness (QED) is 0.739. The van der Waals surface area contributed by atoms with E-state index in [9.17, 15) is 4.79 Å². The van der Waals surface area contributed by atoms with Gasteiger partial charge in [-0.1, -0.05) is 5.16 Å². The molecule has 1 fully saturated rings. The van der Waals surface area contributed by atoms with Crippen molar-refractivity contribution >= 4 is 17.3 Å². The van der Waals surface area contributed by atoms with Gasteiger partial charge in [-0.25, -0.2) is 0 Å². The average Bonchev–Trinajstić information content (AvgIpc) is 3.40. The van der Waals surface area contributed by atoms with Crippen LogP contribution in [0.4, 0.5) is 11.4 Å². The van der Waals surface area contributed by atoms with Gasteiger partial charge in [0, 0.05) is 37.6 Å². The molecule has 3 heterocycles. The van der Waals surface area contributed by atoms with Gasteiger partial charge in [-0.2, -0.15) is 0 Å². The maximum Gasteiger partial charge on any atom is 0.277 e. The van der Waals surface area contributed by atoms with Crippen molar-refractivity contribution in [3.63, 3.8) is 0 Å². The molecule has 2 aromatic heterocycles. The maximum absolute atomic E-state index is 12.4. The normalized spacial score (nSPS) is 17.1. The van der Waals surface area contributed by atoms with Crippen molar-refractivity contribution in [1.82, 2.24) is 5.16 Å². The first-order valence-corrected chi connectivity index (χ1v) is 8.92. The number of nitrogens with zero attached hydrogens (tertiary/aromatic N) is 2. The maximum atomic E-state index is 12.4. The first kappa shape index (κ1) is 17.4. The molecular formula is C20H21N3O4. The Morgan fingerprint density at radius 1 is 1.26 bits per heavy atom. The summed E-state index contributed by atoms with van der Waals surface area (Å²) in [6.07, 6.45) is 4.02. The highest BCUT2D eigenvalue weighted by molar-refractivity contribution is 6.03. The van der Waals surface area contributed by atoms with Crippen molar-refractivity contribution in [2.75, 3.05) is 30.4 Å². The minimum absolute atomic E-state index is 0.199. The largest absolute Gasteiger partial charge is 0.461 e. The van der Waals surface area contributed by atoms with Gasteiger partial charge < -0.3 is 23.9 Å². The summed E-state index contributed by atoms with van der Waals surface area (Å²) in [5.74, 6) is 0.613. The topological polar surface area (TPSA) is 80.7 Å². The van der Waals surface area contributed by atoms with Crippen LogP contribution in [0.3, 0.4) is 0 Å². The van der Waals surface area contributed by atoms with E-state index in [0.717, 1.165) is 31.6 Å². The van der Waals surface area contributed by atoms with Crippen LogP contribution in [0.1, 0.15) is 23.3 Å². The minimum atomic E-state index is -0.332. The molecule has 0 radical (unpaired) electrons. The van der Waals surface area contributed by atoms with Gasteiger partial charge in [0.2, 0.25) is 5.76 Å². The van der Waals surface area contributed by atoms with E-state index in [-0.39, 0.29) is 17.7 Å². The molecule has 1 N–H and O–H groups in total. The van der Waals surface area contributed by atoms with Crippen molar-refractivity contribution in [3.8, 4) is 11.5 Å². The fraction of sp³-hybridized carbons (Fsp3) is 0.300. The number of hydrogen-bond acceptors (Lipinski definition) is 6. The van der Waals surface area contributed by atoms with E-state index in [2.05, 4.69) is 15.4 Å². The van der Waals surface area contributed by atoms with Crippen LogP contribution in [0.5, 0.6) is 0 Å². The standard InChI is InChI=1S/C20H21N3O4/c1-25-16-4-2-10-23(13-16)15-8-6-14(7-9-15)21-20(24)17-12-19(27-22-17)18-5-3-11-26-18/h3,5-9,11-12,16H,2,4,10,13H2,1H3,(H,21,24). The third-order valence-electron chi connectivity index (χ3n) is 4.71. The first-order chi connectivity index (χ1) is 13.2. The molecule has 0 saturated carbocycles. The lowest BCUT2D eigenvalue weighted by Crippen LogP contribution is -2.39. The Kier molecular flexibility index (Phi) is 4.93. The van der Waals surface area contributed by atoms with Gasteiger partial charge in [-0.3, -0.25) is 4.79 Å². The molecule has 3 aromatic rings. The number of piperidine rings is 1. The molecule has 0 spiro atoms. The summed E-state index contributed by atoms with van der Waals surface area (Å²) in [6, 6.07) is 12.8. The van der Waals surface area contributed by atoms with E-state index in [1.165, 1.54) is 6.26 Å². The van der Waals surface area contributed by atoms with Crippen LogP contribution in [-0.4, -0.2) is 37.4 Å². The zero-order valence-electron chi connectivity index (χ0n) is 15.1. The zero-order valence-corrected chi connectivity index (χ0v) is 15.1. The number of aromatic nitrogens is 1. The van der Waals surface area contributed by atoms with E-state index in [1.54, 1.807) is 25.3 Å². The highest BCUT2D eigenvalue weighted by Crippen LogP contribution is 2.24. The van der Waals surface area contributed by atoms with E-state index >= 15 is 0 Å². The van der Waals surface area contributed by atoms with Crippen molar-refractivity contribution in [3.05, 3.63) is 54.4 Å². The molecule has 1 saturated heterocycles. The SMILES string of the molecule is COC1CCCN(c2ccc(NC(=O)c3cc(-c4ccco4)on3)cc2)C1. The van der Waals surface area contributed by atoms with Crippen LogP contribution >= 0.6 is 0 Å². The summed E-state index contributed by atoms with van der Waals surface area (Å²) in [4.78, 5) is 14.7. The lowest BCUT2D eigenvalue weighted by atomic mass is 10.1. The number of carbonyl (C=O) groups is 1. The summed E-state index contributed by atoms with van der Waals surface area (Å²) in [5.41, 5.74) is 2.02. The minimum Gasteiger partial charge on any atom is -0.461 e. The van der Waals surface area contributed by atoms with Crippen LogP contribution in [0, 0.1) is 0 Å². The fourth-order valence-electron chi connectivity index (χ4n) is 3.23. The molecule has 4 rings (SSSR count). The van der Waals surface area contributed by atoms with Crippen LogP contribution in [0.2, 0.25) is 0 Å². The molecule has 140 valence electrons. The van der Waals surface area contributed by atoms with Crippen LogP contribution < -0.4 is 10.2 Å². The molecule has 1 aliphatic heterocycles. The second-order valence-electron chi connectivity index (χ2n) is 6.50. The predicted molar refractivity (Wildman–Crippen MR) is 101 cm³/mol. The number of nitrogens with one attached hydrogen (secondary N) is 1. The van der Waals surface area contributed by atoms with Gasteiger partial charge in [0.05, 0.1) is 12.4 Å². The van der Waals surface area contributed by atoms with E-state index in [4.69, 9.17) is 13.7 Å². The average molecular weight is 367 g/mol. The number of benzene rings is 1. The smallest absolute Gasteiger partial charge is 0.277 e. The van der Waals surface area contributed by atoms with Gasteiger partial charge in [-0.05, 0) is 49.2 Å². The van der Waals surface area contributed by atoms with Crippen LogP contribution in [0.25, 0.3) is 11.5 Å². The molecule has 1 aromatic carbocycles. The Labute approximate surface area is 156 Å². The molecule has 0 bridgehead atoms. The number of furan rings is 1. The summed E-state index contributed by atoms with van der Waals surface area (Å²) in [6.45, 7) is 1.90. The third-order valence-corrected chi connectivity index (χ3v) is 4.71. The van der Waals surface area contributed by atoms with Crippen LogP contribution in [0.15, 0.2) is 57.7 Å². The van der Waals surface area contributed by atoms with Gasteiger partial charge in [0.1, 0.15) is 0 Å². The number of ether oxygens (including phenoxy) is 1. The van der Waals surface area contributed by atoms with Crippen molar-refractivity contribution in [2.24, 2.45) is 0 Å². The summed E-state index contributed by atoms with van der Waals surface area (Å²) in [7, 11) is 1.76. The van der Waals surface area contributed by atoms with Crippen molar-refractivity contribution in [1.29, 1.82) is 0 Å². The number of hydrogen-bond donors (Lipinski definition) is 1. The molecule has 7 heteroatoms.